The van der Waals surface area contributed by atoms with E-state index >= 15 is 0 Å². The van der Waals surface area contributed by atoms with Crippen LogP contribution in [0.25, 0.3) is 0 Å². The third-order valence-corrected chi connectivity index (χ3v) is 4.92. The zero-order valence-corrected chi connectivity index (χ0v) is 15.5. The third kappa shape index (κ3) is 4.93. The lowest BCUT2D eigenvalue weighted by molar-refractivity contribution is 0.0252. The molecule has 2 heterocycles. The zero-order chi connectivity index (χ0) is 17.0. The van der Waals surface area contributed by atoms with E-state index in [2.05, 4.69) is 29.8 Å². The van der Waals surface area contributed by atoms with Gasteiger partial charge in [-0.15, -0.1) is 11.3 Å². The Morgan fingerprint density at radius 1 is 1.48 bits per heavy atom. The van der Waals surface area contributed by atoms with Gasteiger partial charge in [0.15, 0.2) is 0 Å². The Balaban J connectivity index is 2.00. The lowest BCUT2D eigenvalue weighted by atomic mass is 10.1. The van der Waals surface area contributed by atoms with Crippen molar-refractivity contribution in [2.75, 3.05) is 20.2 Å². The van der Waals surface area contributed by atoms with Gasteiger partial charge in [0.1, 0.15) is 5.60 Å². The molecule has 0 spiro atoms. The lowest BCUT2D eigenvalue weighted by Crippen LogP contribution is -2.42. The van der Waals surface area contributed by atoms with Crippen LogP contribution < -0.4 is 5.32 Å². The molecule has 130 valence electrons. The zero-order valence-electron chi connectivity index (χ0n) is 14.7. The van der Waals surface area contributed by atoms with Gasteiger partial charge in [-0.25, -0.2) is 4.79 Å². The van der Waals surface area contributed by atoms with Crippen molar-refractivity contribution in [2.45, 2.75) is 57.9 Å². The molecule has 6 heteroatoms. The summed E-state index contributed by atoms with van der Waals surface area (Å²) in [5.74, 6) is 0. The second-order valence-electron chi connectivity index (χ2n) is 6.91. The molecule has 0 bridgehead atoms. The first kappa shape index (κ1) is 18.2. The first-order chi connectivity index (χ1) is 10.8. The van der Waals surface area contributed by atoms with Gasteiger partial charge in [0.2, 0.25) is 0 Å². The molecule has 2 unspecified atom stereocenters. The molecule has 3 atom stereocenters. The Labute approximate surface area is 143 Å². The van der Waals surface area contributed by atoms with Crippen molar-refractivity contribution in [1.29, 1.82) is 0 Å². The molecule has 1 aliphatic rings. The lowest BCUT2D eigenvalue weighted by Gasteiger charge is -2.25. The van der Waals surface area contributed by atoms with E-state index < -0.39 is 5.60 Å². The van der Waals surface area contributed by atoms with Gasteiger partial charge in [-0.2, -0.15) is 0 Å². The van der Waals surface area contributed by atoms with Crippen molar-refractivity contribution in [1.82, 2.24) is 10.2 Å². The highest BCUT2D eigenvalue weighted by molar-refractivity contribution is 7.10. The van der Waals surface area contributed by atoms with Crippen LogP contribution in [0, 0.1) is 0 Å². The first-order valence-corrected chi connectivity index (χ1v) is 9.02. The SMILES string of the molecule is CCC(NC1CN(C(=O)OC(C)(C)C)C[C@@H]1OC)c1cccs1. The van der Waals surface area contributed by atoms with E-state index in [-0.39, 0.29) is 24.3 Å². The second-order valence-corrected chi connectivity index (χ2v) is 7.89. The molecular formula is C17H28N2O3S. The highest BCUT2D eigenvalue weighted by Crippen LogP contribution is 2.25. The van der Waals surface area contributed by atoms with Crippen molar-refractivity contribution < 1.29 is 14.3 Å². The number of thiophene rings is 1. The summed E-state index contributed by atoms with van der Waals surface area (Å²) in [7, 11) is 1.70. The van der Waals surface area contributed by atoms with Gasteiger partial charge in [-0.1, -0.05) is 13.0 Å². The van der Waals surface area contributed by atoms with Crippen molar-refractivity contribution in [3.05, 3.63) is 22.4 Å². The Morgan fingerprint density at radius 3 is 2.74 bits per heavy atom. The van der Waals surface area contributed by atoms with E-state index in [1.165, 1.54) is 4.88 Å². The Hall–Kier alpha value is -1.11. The molecule has 0 aromatic carbocycles. The van der Waals surface area contributed by atoms with E-state index in [1.54, 1.807) is 23.3 Å². The third-order valence-electron chi connectivity index (χ3n) is 3.93. The molecule has 0 radical (unpaired) electrons. The van der Waals surface area contributed by atoms with E-state index in [9.17, 15) is 4.79 Å². The summed E-state index contributed by atoms with van der Waals surface area (Å²) in [5.41, 5.74) is -0.478. The van der Waals surface area contributed by atoms with E-state index in [0.29, 0.717) is 13.1 Å². The van der Waals surface area contributed by atoms with Crippen LogP contribution in [0.2, 0.25) is 0 Å². The number of carbonyl (C=O) groups is 1. The van der Waals surface area contributed by atoms with Gasteiger partial charge in [0, 0.05) is 24.6 Å². The minimum absolute atomic E-state index is 0.0171. The number of amides is 1. The number of nitrogens with one attached hydrogen (secondary N) is 1. The maximum absolute atomic E-state index is 12.3. The Kier molecular flexibility index (Phi) is 6.06. The second kappa shape index (κ2) is 7.64. The molecule has 0 aliphatic carbocycles. The van der Waals surface area contributed by atoms with Gasteiger partial charge >= 0.3 is 6.09 Å². The predicted molar refractivity (Wildman–Crippen MR) is 92.9 cm³/mol. The smallest absolute Gasteiger partial charge is 0.410 e. The fraction of sp³-hybridized carbons (Fsp3) is 0.706. The number of rotatable bonds is 5. The minimum Gasteiger partial charge on any atom is -0.444 e. The minimum atomic E-state index is -0.478. The van der Waals surface area contributed by atoms with Crippen LogP contribution in [0.3, 0.4) is 0 Å². The summed E-state index contributed by atoms with van der Waals surface area (Å²) in [4.78, 5) is 15.3. The molecule has 1 N–H and O–H groups in total. The molecule has 23 heavy (non-hydrogen) atoms. The largest absolute Gasteiger partial charge is 0.444 e. The summed E-state index contributed by atoms with van der Waals surface area (Å²) in [5, 5.41) is 5.75. The monoisotopic (exact) mass is 340 g/mol. The number of hydrogen-bond acceptors (Lipinski definition) is 5. The Morgan fingerprint density at radius 2 is 2.22 bits per heavy atom. The predicted octanol–water partition coefficient (Wildman–Crippen LogP) is 3.42. The van der Waals surface area contributed by atoms with Crippen LogP contribution in [-0.4, -0.2) is 48.9 Å². The molecule has 1 aromatic rings. The van der Waals surface area contributed by atoms with Crippen LogP contribution in [0.4, 0.5) is 4.79 Å². The average Bonchev–Trinajstić information content (AvgIpc) is 3.12. The number of methoxy groups -OCH3 is 1. The Bertz CT molecular complexity index is 498. The quantitative estimate of drug-likeness (QED) is 0.892. The molecule has 1 aliphatic heterocycles. The number of likely N-dealkylation sites (tertiary alicyclic amines) is 1. The number of ether oxygens (including phenoxy) is 2. The van der Waals surface area contributed by atoms with Crippen molar-refractivity contribution >= 4 is 17.4 Å². The number of hydrogen-bond donors (Lipinski definition) is 1. The topological polar surface area (TPSA) is 50.8 Å². The molecule has 0 saturated carbocycles. The average molecular weight is 340 g/mol. The van der Waals surface area contributed by atoms with Gasteiger partial charge < -0.3 is 19.7 Å². The highest BCUT2D eigenvalue weighted by atomic mass is 32.1. The fourth-order valence-corrected chi connectivity index (χ4v) is 3.67. The molecular weight excluding hydrogens is 312 g/mol. The van der Waals surface area contributed by atoms with Crippen LogP contribution >= 0.6 is 11.3 Å². The van der Waals surface area contributed by atoms with Gasteiger partial charge in [-0.05, 0) is 38.6 Å². The van der Waals surface area contributed by atoms with Crippen molar-refractivity contribution in [3.63, 3.8) is 0 Å². The first-order valence-electron chi connectivity index (χ1n) is 8.14. The van der Waals surface area contributed by atoms with Crippen molar-refractivity contribution in [2.24, 2.45) is 0 Å². The summed E-state index contributed by atoms with van der Waals surface area (Å²) in [6, 6.07) is 4.62. The van der Waals surface area contributed by atoms with Gasteiger partial charge in [0.25, 0.3) is 0 Å². The molecule has 2 rings (SSSR count). The summed E-state index contributed by atoms with van der Waals surface area (Å²) in [6.07, 6.45) is 0.712. The summed E-state index contributed by atoms with van der Waals surface area (Å²) >= 11 is 1.75. The van der Waals surface area contributed by atoms with Crippen LogP contribution in [0.5, 0.6) is 0 Å². The van der Waals surface area contributed by atoms with E-state index in [4.69, 9.17) is 9.47 Å². The molecule has 1 aromatic heterocycles. The normalized spacial score (nSPS) is 23.1. The maximum atomic E-state index is 12.3. The van der Waals surface area contributed by atoms with Crippen molar-refractivity contribution in [3.8, 4) is 0 Å². The molecule has 1 saturated heterocycles. The number of nitrogens with zero attached hydrogens (tertiary/aromatic N) is 1. The van der Waals surface area contributed by atoms with Gasteiger partial charge in [-0.3, -0.25) is 0 Å². The molecule has 1 amide bonds. The summed E-state index contributed by atoms with van der Waals surface area (Å²) < 4.78 is 11.1. The van der Waals surface area contributed by atoms with Crippen LogP contribution in [0.1, 0.15) is 45.0 Å². The van der Waals surface area contributed by atoms with Gasteiger partial charge in [0.05, 0.1) is 18.7 Å². The van der Waals surface area contributed by atoms with Crippen LogP contribution in [0.15, 0.2) is 17.5 Å². The fourth-order valence-electron chi connectivity index (χ4n) is 2.80. The summed E-state index contributed by atoms with van der Waals surface area (Å²) in [6.45, 7) is 8.98. The highest BCUT2D eigenvalue weighted by Gasteiger charge is 2.38. The maximum Gasteiger partial charge on any atom is 0.410 e. The van der Waals surface area contributed by atoms with E-state index in [1.807, 2.05) is 20.8 Å². The van der Waals surface area contributed by atoms with Crippen LogP contribution in [-0.2, 0) is 9.47 Å². The van der Waals surface area contributed by atoms with E-state index in [0.717, 1.165) is 6.42 Å². The standard InChI is InChI=1S/C17H28N2O3S/c1-6-12(15-8-7-9-23-15)18-13-10-19(11-14(13)21-5)16(20)22-17(2,3)4/h7-9,12-14,18H,6,10-11H2,1-5H3/t12?,13?,14-/m0/s1. The molecule has 1 fully saturated rings. The number of carbonyl (C=O) groups excluding carboxylic acids is 1. The molecule has 5 nitrogen and oxygen atoms in total.